The maximum Gasteiger partial charge on any atom is 0.407 e. The van der Waals surface area contributed by atoms with Gasteiger partial charge >= 0.3 is 6.09 Å². The van der Waals surface area contributed by atoms with Gasteiger partial charge in [-0.2, -0.15) is 0 Å². The van der Waals surface area contributed by atoms with Gasteiger partial charge in [-0.15, -0.1) is 0 Å². The van der Waals surface area contributed by atoms with E-state index < -0.39 is 6.09 Å². The molecule has 0 spiro atoms. The van der Waals surface area contributed by atoms with Crippen LogP contribution in [0.2, 0.25) is 0 Å². The zero-order valence-corrected chi connectivity index (χ0v) is 14.9. The van der Waals surface area contributed by atoms with Crippen LogP contribution in [-0.4, -0.2) is 17.7 Å². The van der Waals surface area contributed by atoms with E-state index >= 15 is 0 Å². The maximum absolute atomic E-state index is 12.3. The molecule has 0 aliphatic heterocycles. The van der Waals surface area contributed by atoms with Gasteiger partial charge in [0.2, 0.25) is 5.56 Å². The van der Waals surface area contributed by atoms with Gasteiger partial charge in [-0.3, -0.25) is 4.79 Å². The van der Waals surface area contributed by atoms with Gasteiger partial charge in [0, 0.05) is 18.2 Å². The van der Waals surface area contributed by atoms with Gasteiger partial charge in [0.1, 0.15) is 6.61 Å². The van der Waals surface area contributed by atoms with E-state index in [9.17, 15) is 9.59 Å². The number of alkyl carbamates (subject to hydrolysis) is 1. The molecule has 1 aromatic heterocycles. The highest BCUT2D eigenvalue weighted by Gasteiger charge is 2.29. The molecule has 4 rings (SSSR count). The Balaban J connectivity index is 1.45. The Morgan fingerprint density at radius 2 is 1.67 bits per heavy atom. The highest BCUT2D eigenvalue weighted by Crippen LogP contribution is 2.44. The van der Waals surface area contributed by atoms with Crippen molar-refractivity contribution >= 4 is 6.09 Å². The number of ether oxygens (including phenoxy) is 1. The number of carbonyl (C=O) groups is 1. The van der Waals surface area contributed by atoms with E-state index in [0.717, 1.165) is 5.56 Å². The van der Waals surface area contributed by atoms with Crippen LogP contribution >= 0.6 is 0 Å². The van der Waals surface area contributed by atoms with E-state index in [-0.39, 0.29) is 24.1 Å². The van der Waals surface area contributed by atoms with E-state index in [1.807, 2.05) is 31.2 Å². The van der Waals surface area contributed by atoms with Crippen molar-refractivity contribution in [2.45, 2.75) is 18.9 Å². The summed E-state index contributed by atoms with van der Waals surface area (Å²) in [7, 11) is 0. The largest absolute Gasteiger partial charge is 0.449 e. The van der Waals surface area contributed by atoms with Crippen molar-refractivity contribution in [1.29, 1.82) is 0 Å². The zero-order valence-electron chi connectivity index (χ0n) is 14.9. The van der Waals surface area contributed by atoms with Gasteiger partial charge < -0.3 is 15.0 Å². The summed E-state index contributed by atoms with van der Waals surface area (Å²) in [5.41, 5.74) is 5.39. The summed E-state index contributed by atoms with van der Waals surface area (Å²) in [5, 5.41) is 2.80. The zero-order chi connectivity index (χ0) is 18.8. The van der Waals surface area contributed by atoms with E-state index in [4.69, 9.17) is 4.74 Å². The molecule has 0 unspecified atom stereocenters. The van der Waals surface area contributed by atoms with Crippen LogP contribution < -0.4 is 10.9 Å². The average Bonchev–Trinajstić information content (AvgIpc) is 3.01. The number of hydrogen-bond donors (Lipinski definition) is 2. The van der Waals surface area contributed by atoms with E-state index in [1.165, 1.54) is 28.3 Å². The molecule has 3 aromatic rings. The summed E-state index contributed by atoms with van der Waals surface area (Å²) in [6, 6.07) is 19.3. The molecule has 0 radical (unpaired) electrons. The van der Waals surface area contributed by atoms with Gasteiger partial charge in [-0.25, -0.2) is 4.79 Å². The first-order valence-corrected chi connectivity index (χ1v) is 8.93. The Morgan fingerprint density at radius 3 is 2.26 bits per heavy atom. The molecule has 1 heterocycles. The molecule has 5 nitrogen and oxygen atoms in total. The van der Waals surface area contributed by atoms with Crippen LogP contribution in [0.5, 0.6) is 0 Å². The molecule has 136 valence electrons. The molecule has 0 bridgehead atoms. The molecule has 2 aromatic carbocycles. The molecule has 1 aliphatic rings. The Bertz CT molecular complexity index is 975. The van der Waals surface area contributed by atoms with Crippen molar-refractivity contribution in [3.05, 3.63) is 93.9 Å². The van der Waals surface area contributed by atoms with E-state index in [2.05, 4.69) is 34.6 Å². The topological polar surface area (TPSA) is 71.2 Å². The third kappa shape index (κ3) is 3.36. The smallest absolute Gasteiger partial charge is 0.407 e. The van der Waals surface area contributed by atoms with Crippen LogP contribution in [0.25, 0.3) is 11.1 Å². The Kier molecular flexibility index (Phi) is 4.50. The fourth-order valence-corrected chi connectivity index (χ4v) is 3.59. The Hall–Kier alpha value is -3.34. The summed E-state index contributed by atoms with van der Waals surface area (Å²) in [5.74, 6) is 0.0338. The minimum absolute atomic E-state index is 0.0338. The lowest BCUT2D eigenvalue weighted by Gasteiger charge is -2.17. The second kappa shape index (κ2) is 7.11. The molecule has 0 saturated carbocycles. The minimum atomic E-state index is -0.476. The number of aromatic nitrogens is 1. The van der Waals surface area contributed by atoms with Crippen molar-refractivity contribution in [3.63, 3.8) is 0 Å². The summed E-state index contributed by atoms with van der Waals surface area (Å²) < 4.78 is 5.53. The molecular formula is C22H20N2O3. The number of carbonyl (C=O) groups excluding carboxylic acids is 1. The normalized spacial score (nSPS) is 13.5. The van der Waals surface area contributed by atoms with Crippen LogP contribution in [0.4, 0.5) is 4.79 Å². The number of nitrogens with one attached hydrogen (secondary N) is 2. The third-order valence-electron chi connectivity index (χ3n) is 4.99. The van der Waals surface area contributed by atoms with Crippen molar-refractivity contribution in [1.82, 2.24) is 10.3 Å². The second-order valence-electron chi connectivity index (χ2n) is 6.68. The van der Waals surface area contributed by atoms with Crippen LogP contribution in [0.15, 0.2) is 71.7 Å². The lowest BCUT2D eigenvalue weighted by Crippen LogP contribution is -2.29. The van der Waals surface area contributed by atoms with Crippen molar-refractivity contribution < 1.29 is 9.53 Å². The van der Waals surface area contributed by atoms with Gasteiger partial charge in [-0.1, -0.05) is 54.6 Å². The van der Waals surface area contributed by atoms with Crippen molar-refractivity contribution in [2.24, 2.45) is 0 Å². The van der Waals surface area contributed by atoms with Gasteiger partial charge in [0.25, 0.3) is 0 Å². The number of amides is 1. The van der Waals surface area contributed by atoms with Gasteiger partial charge in [0.05, 0.1) is 6.04 Å². The Labute approximate surface area is 157 Å². The molecule has 0 saturated heterocycles. The van der Waals surface area contributed by atoms with Gasteiger partial charge in [-0.05, 0) is 34.7 Å². The first kappa shape index (κ1) is 17.1. The number of rotatable bonds is 4. The third-order valence-corrected chi connectivity index (χ3v) is 4.99. The SMILES string of the molecule is C[C@@H](NC(=O)OCC1c2ccccc2-c2ccccc21)c1ccc(=O)[nH]c1. The first-order chi connectivity index (χ1) is 13.1. The molecule has 2 N–H and O–H groups in total. The second-order valence-corrected chi connectivity index (χ2v) is 6.68. The number of fused-ring (bicyclic) bond motifs is 3. The molecule has 5 heteroatoms. The number of H-pyrrole nitrogens is 1. The number of hydrogen-bond acceptors (Lipinski definition) is 3. The standard InChI is InChI=1S/C22H20N2O3/c1-14(15-10-11-21(25)23-12-15)24-22(26)27-13-20-18-8-4-2-6-16(18)17-7-3-5-9-19(17)20/h2-12,14,20H,13H2,1H3,(H,23,25)(H,24,26)/t14-/m1/s1. The van der Waals surface area contributed by atoms with Crippen molar-refractivity contribution in [3.8, 4) is 11.1 Å². The summed E-state index contributed by atoms with van der Waals surface area (Å²) >= 11 is 0. The molecular weight excluding hydrogens is 340 g/mol. The fourth-order valence-electron chi connectivity index (χ4n) is 3.59. The molecule has 1 aliphatic carbocycles. The lowest BCUT2D eigenvalue weighted by molar-refractivity contribution is 0.140. The van der Waals surface area contributed by atoms with E-state index in [0.29, 0.717) is 0 Å². The highest BCUT2D eigenvalue weighted by atomic mass is 16.5. The van der Waals surface area contributed by atoms with Crippen LogP contribution in [0, 0.1) is 0 Å². The average molecular weight is 360 g/mol. The number of aromatic amines is 1. The molecule has 1 atom stereocenters. The first-order valence-electron chi connectivity index (χ1n) is 8.93. The van der Waals surface area contributed by atoms with Gasteiger partial charge in [0.15, 0.2) is 0 Å². The summed E-state index contributed by atoms with van der Waals surface area (Å²) in [4.78, 5) is 26.0. The highest BCUT2D eigenvalue weighted by molar-refractivity contribution is 5.79. The number of pyridine rings is 1. The molecule has 0 fully saturated rings. The predicted molar refractivity (Wildman–Crippen MR) is 104 cm³/mol. The fraction of sp³-hybridized carbons (Fsp3) is 0.182. The van der Waals surface area contributed by atoms with Crippen LogP contribution in [-0.2, 0) is 4.74 Å². The van der Waals surface area contributed by atoms with Crippen molar-refractivity contribution in [2.75, 3.05) is 6.61 Å². The summed E-state index contributed by atoms with van der Waals surface area (Å²) in [6.07, 6.45) is 1.12. The Morgan fingerprint density at radius 1 is 1.04 bits per heavy atom. The minimum Gasteiger partial charge on any atom is -0.449 e. The van der Waals surface area contributed by atoms with Crippen LogP contribution in [0.3, 0.4) is 0 Å². The van der Waals surface area contributed by atoms with E-state index in [1.54, 1.807) is 12.3 Å². The quantitative estimate of drug-likeness (QED) is 0.739. The summed E-state index contributed by atoms with van der Waals surface area (Å²) in [6.45, 7) is 2.12. The maximum atomic E-state index is 12.3. The van der Waals surface area contributed by atoms with Crippen LogP contribution in [0.1, 0.15) is 35.6 Å². The predicted octanol–water partition coefficient (Wildman–Crippen LogP) is 3.97. The monoisotopic (exact) mass is 360 g/mol. The number of benzene rings is 2. The molecule has 1 amide bonds. The lowest BCUT2D eigenvalue weighted by atomic mass is 9.98. The molecule has 27 heavy (non-hydrogen) atoms.